The van der Waals surface area contributed by atoms with Crippen molar-refractivity contribution in [3.8, 4) is 0 Å². The van der Waals surface area contributed by atoms with E-state index in [9.17, 15) is 0 Å². The van der Waals surface area contributed by atoms with E-state index in [0.717, 1.165) is 0 Å². The third kappa shape index (κ3) is 614000. The summed E-state index contributed by atoms with van der Waals surface area (Å²) in [6, 6.07) is 0. The topological polar surface area (TPSA) is 150 Å². The van der Waals surface area contributed by atoms with Crippen LogP contribution in [0.2, 0.25) is 0 Å². The average molecular weight is 195 g/mol. The maximum absolute atomic E-state index is 8.56. The van der Waals surface area contributed by atoms with Crippen LogP contribution in [-0.2, 0) is 0 Å². The molecule has 0 aromatic rings. The average Bonchev–Trinajstić information content (AvgIpc) is 1.25. The molecule has 0 radical (unpaired) electrons. The van der Waals surface area contributed by atoms with E-state index >= 15 is 0 Å². The Morgan fingerprint density at radius 3 is 0.909 bits per heavy atom. The number of carboxylic acid groups (broad SMARTS) is 4. The van der Waals surface area contributed by atoms with Gasteiger partial charge in [-0.2, -0.15) is 0 Å². The number of hydrogen-bond acceptors (Lipinski definition) is 3. The van der Waals surface area contributed by atoms with Gasteiger partial charge in [0.2, 0.25) is 0 Å². The second kappa shape index (κ2) is 22.5. The summed E-state index contributed by atoms with van der Waals surface area (Å²) in [6.45, 7) is 0. The first-order valence-corrected chi connectivity index (χ1v) is 1.30. The maximum Gasteiger partial charge on any atom is 1.00 e. The van der Waals surface area contributed by atoms with E-state index in [1.807, 2.05) is 0 Å². The zero-order chi connectivity index (χ0) is 7.15. The van der Waals surface area contributed by atoms with Crippen LogP contribution < -0.4 is 35.7 Å². The molecule has 7 nitrogen and oxygen atoms in total. The molecule has 0 saturated heterocycles. The molecule has 0 rings (SSSR count). The number of hydrogen-bond donors (Lipinski definition) is 5. The zero-order valence-electron chi connectivity index (χ0n) is 6.31. The van der Waals surface area contributed by atoms with Gasteiger partial charge >= 0.3 is 41.9 Å². The Kier molecular flexibility index (Phi) is 62.4. The summed E-state index contributed by atoms with van der Waals surface area (Å²) in [6.07, 6.45) is -3.67. The largest absolute Gasteiger partial charge is 1.00 e. The number of carbonyl (C=O) groups is 2. The molecule has 0 atom stereocenters. The quantitative estimate of drug-likeness (QED) is 0.252. The van der Waals surface area contributed by atoms with E-state index in [1.54, 1.807) is 0 Å². The molecule has 0 saturated carbocycles. The Morgan fingerprint density at radius 2 is 0.909 bits per heavy atom. The van der Waals surface area contributed by atoms with Gasteiger partial charge in [0, 0.05) is 0 Å². The van der Waals surface area contributed by atoms with Crippen molar-refractivity contribution in [3.05, 3.63) is 0 Å². The van der Waals surface area contributed by atoms with Gasteiger partial charge in [-0.05, 0) is 0 Å². The third-order valence-electron chi connectivity index (χ3n) is 0. The molecule has 11 heavy (non-hydrogen) atoms. The molecule has 0 aliphatic heterocycles. The summed E-state index contributed by atoms with van der Waals surface area (Å²) in [5.74, 6) is 0. The summed E-state index contributed by atoms with van der Waals surface area (Å²) in [4.78, 5) is 17.1. The van der Waals surface area contributed by atoms with Crippen molar-refractivity contribution in [2.75, 3.05) is 0 Å². The first kappa shape index (κ1) is 30.5. The molecule has 0 spiro atoms. The van der Waals surface area contributed by atoms with Gasteiger partial charge < -0.3 is 28.0 Å². The Labute approximate surface area is 96.5 Å². The van der Waals surface area contributed by atoms with Crippen LogP contribution in [0.15, 0.2) is 0 Å². The van der Waals surface area contributed by atoms with Gasteiger partial charge in [-0.3, -0.25) is 0 Å². The molecule has 0 fully saturated rings. The molecular weight excluding hydrogens is 184 g/mol. The molecule has 0 bridgehead atoms. The van der Waals surface area contributed by atoms with Crippen LogP contribution in [0.3, 0.4) is 0 Å². The minimum absolute atomic E-state index is 0. The van der Waals surface area contributed by atoms with Gasteiger partial charge in [-0.1, -0.05) is 0 Å². The molecule has 0 aromatic heterocycles. The predicted octanol–water partition coefficient (Wildman–Crippen LogP) is -3.46. The minimum Gasteiger partial charge on any atom is -1.00 e. The smallest absolute Gasteiger partial charge is 1.00 e. The van der Waals surface area contributed by atoms with Gasteiger partial charge in [-0.25, -0.2) is 9.59 Å². The first-order chi connectivity index (χ1) is 3.46. The van der Waals surface area contributed by atoms with Crippen molar-refractivity contribution in [3.63, 3.8) is 0 Å². The van der Waals surface area contributed by atoms with Gasteiger partial charge in [-0.15, -0.1) is 0 Å². The zero-order valence-corrected chi connectivity index (χ0v) is 7.31. The molecule has 9 heteroatoms. The fraction of sp³-hybridized carbons (Fsp3) is 0. The predicted molar refractivity (Wildman–Crippen MR) is 37.4 cm³/mol. The third-order valence-corrected chi connectivity index (χ3v) is 0. The second-order valence-corrected chi connectivity index (χ2v) is 0.565. The van der Waals surface area contributed by atoms with E-state index in [2.05, 4.69) is 0 Å². The summed E-state index contributed by atoms with van der Waals surface area (Å²) in [7, 11) is 0. The van der Waals surface area contributed by atoms with Crippen LogP contribution in [0.4, 0.5) is 9.59 Å². The molecule has 0 aliphatic rings. The fourth-order valence-electron chi connectivity index (χ4n) is 0. The molecule has 0 unspecified atom stereocenters. The monoisotopic (exact) mass is 195 g/mol. The minimum atomic E-state index is -1.83. The normalized spacial score (nSPS) is 4.36. The second-order valence-electron chi connectivity index (χ2n) is 0.565. The Bertz CT molecular complexity index is 83.5. The van der Waals surface area contributed by atoms with Crippen LogP contribution in [0.25, 0.3) is 0 Å². The van der Waals surface area contributed by atoms with Crippen LogP contribution in [0.1, 0.15) is 1.43 Å². The summed E-state index contributed by atoms with van der Waals surface area (Å²) < 4.78 is 0. The molecule has 7 N–H and O–H groups in total. The fourth-order valence-corrected chi connectivity index (χ4v) is 0. The molecule has 0 amide bonds. The van der Waals surface area contributed by atoms with Crippen LogP contribution in [-0.4, -0.2) is 50.1 Å². The van der Waals surface area contributed by atoms with Gasteiger partial charge in [0.15, 0.2) is 17.4 Å². The van der Waals surface area contributed by atoms with Crippen molar-refractivity contribution < 1.29 is 61.0 Å². The Hall–Kier alpha value is 0.0325. The maximum atomic E-state index is 8.56. The van der Waals surface area contributed by atoms with Gasteiger partial charge in [0.25, 0.3) is 0 Å². The first-order valence-electron chi connectivity index (χ1n) is 1.30. The van der Waals surface area contributed by atoms with Gasteiger partial charge in [0.1, 0.15) is 0 Å². The van der Waals surface area contributed by atoms with Crippen LogP contribution >= 0.6 is 0 Å². The molecule has 0 aromatic carbocycles. The Balaban J connectivity index is -0.0000000112. The van der Waals surface area contributed by atoms with E-state index < -0.39 is 12.3 Å². The van der Waals surface area contributed by atoms with E-state index in [4.69, 9.17) is 30.0 Å². The number of rotatable bonds is 0. The van der Waals surface area contributed by atoms with E-state index in [1.165, 1.54) is 0 Å². The summed E-state index contributed by atoms with van der Waals surface area (Å²) >= 11 is 0. The molecule has 0 aliphatic carbocycles. The molecule has 0 heterocycles. The van der Waals surface area contributed by atoms with Crippen molar-refractivity contribution in [1.82, 2.24) is 6.15 Å². The van der Waals surface area contributed by atoms with Crippen molar-refractivity contribution in [2.24, 2.45) is 0 Å². The summed E-state index contributed by atoms with van der Waals surface area (Å²) in [5.41, 5.74) is 0. The van der Waals surface area contributed by atoms with E-state index in [0.29, 0.717) is 0 Å². The molecular formula is C2H11AlNNaO6. The Morgan fingerprint density at radius 1 is 0.909 bits per heavy atom. The van der Waals surface area contributed by atoms with Crippen LogP contribution in [0, 0.1) is 0 Å². The SMILES string of the molecule is N.O=C(O)O.O=C(O)O.[AlH3].[H-].[Na+]. The van der Waals surface area contributed by atoms with Crippen molar-refractivity contribution in [1.29, 1.82) is 0 Å². The van der Waals surface area contributed by atoms with Crippen molar-refractivity contribution >= 4 is 29.7 Å². The summed E-state index contributed by atoms with van der Waals surface area (Å²) in [5, 5.41) is 27.9. The molecule has 64 valence electrons. The standard InChI is InChI=1S/2CH2O3.Al.H3N.Na.4H/c2*2-1(3)4;;;;;;;/h2*(H2,2,3,4);;1H3;;;;;/q;;;;+1;;;;-1. The van der Waals surface area contributed by atoms with Gasteiger partial charge in [0.05, 0.1) is 0 Å². The van der Waals surface area contributed by atoms with E-state index in [-0.39, 0.29) is 54.5 Å². The van der Waals surface area contributed by atoms with Crippen LogP contribution in [0.5, 0.6) is 0 Å². The van der Waals surface area contributed by atoms with Crippen molar-refractivity contribution in [2.45, 2.75) is 0 Å².